The van der Waals surface area contributed by atoms with Crippen LogP contribution in [-0.2, 0) is 30.5 Å². The molecule has 2 fully saturated rings. The summed E-state index contributed by atoms with van der Waals surface area (Å²) >= 11 is 1.59. The second-order valence-corrected chi connectivity index (χ2v) is 10.7. The lowest BCUT2D eigenvalue weighted by Gasteiger charge is -2.38. The number of amides is 3. The molecule has 2 aliphatic heterocycles. The zero-order valence-electron chi connectivity index (χ0n) is 22.1. The summed E-state index contributed by atoms with van der Waals surface area (Å²) in [4.78, 5) is 61.4. The molecule has 0 saturated carbocycles. The van der Waals surface area contributed by atoms with Gasteiger partial charge in [-0.15, -0.1) is 11.3 Å². The number of rotatable bonds is 10. The van der Waals surface area contributed by atoms with Crippen LogP contribution in [0.15, 0.2) is 29.8 Å². The second kappa shape index (κ2) is 12.6. The van der Waals surface area contributed by atoms with Crippen LogP contribution >= 0.6 is 11.3 Å². The fourth-order valence-electron chi connectivity index (χ4n) is 5.05. The summed E-state index contributed by atoms with van der Waals surface area (Å²) in [5.41, 5.74) is 4.80. The topological polar surface area (TPSA) is 112 Å². The van der Waals surface area contributed by atoms with E-state index in [0.29, 0.717) is 32.8 Å². The largest absolute Gasteiger partial charge is 0.383 e. The molecule has 204 valence electrons. The predicted molar refractivity (Wildman–Crippen MR) is 143 cm³/mol. The first-order chi connectivity index (χ1) is 18.3. The fraction of sp³-hybridized carbons (Fsp3) is 0.519. The molecule has 0 spiro atoms. The standard InChI is InChI=1S/C27H35N5O5S/c1-18-25(38-17-29-18)22-6-4-20(5-7-22)13-28-26(35)23-12-21(16-33)14-32(23)27(36)19(2)31-9-8-30(10-11-37-3)15-24(31)34/h4-7,16-17,19,21,23H,8-15H2,1-3H3,(H,28,35). The zero-order chi connectivity index (χ0) is 27.2. The summed E-state index contributed by atoms with van der Waals surface area (Å²) in [6.07, 6.45) is 1.08. The molecule has 0 aliphatic carbocycles. The number of hydrogen-bond acceptors (Lipinski definition) is 8. The van der Waals surface area contributed by atoms with Crippen molar-refractivity contribution < 1.29 is 23.9 Å². The van der Waals surface area contributed by atoms with Gasteiger partial charge in [-0.25, -0.2) is 4.98 Å². The molecular weight excluding hydrogens is 506 g/mol. The van der Waals surface area contributed by atoms with Crippen LogP contribution in [0, 0.1) is 12.8 Å². The Morgan fingerprint density at radius 2 is 2.03 bits per heavy atom. The van der Waals surface area contributed by atoms with E-state index < -0.39 is 18.0 Å². The first kappa shape index (κ1) is 27.9. The van der Waals surface area contributed by atoms with Crippen molar-refractivity contribution >= 4 is 35.3 Å². The lowest BCUT2D eigenvalue weighted by Crippen LogP contribution is -2.59. The molecule has 10 nitrogen and oxygen atoms in total. The molecule has 3 unspecified atom stereocenters. The van der Waals surface area contributed by atoms with Gasteiger partial charge in [0.2, 0.25) is 17.7 Å². The van der Waals surface area contributed by atoms with E-state index in [9.17, 15) is 19.2 Å². The first-order valence-corrected chi connectivity index (χ1v) is 13.7. The first-order valence-electron chi connectivity index (χ1n) is 12.9. The maximum Gasteiger partial charge on any atom is 0.245 e. The average Bonchev–Trinajstić information content (AvgIpc) is 3.56. The smallest absolute Gasteiger partial charge is 0.245 e. The summed E-state index contributed by atoms with van der Waals surface area (Å²) in [5, 5.41) is 2.93. The van der Waals surface area contributed by atoms with Crippen molar-refractivity contribution in [3.8, 4) is 10.4 Å². The van der Waals surface area contributed by atoms with E-state index in [2.05, 4.69) is 10.3 Å². The van der Waals surface area contributed by atoms with Crippen molar-refractivity contribution in [2.75, 3.05) is 46.4 Å². The van der Waals surface area contributed by atoms with Crippen molar-refractivity contribution in [2.24, 2.45) is 5.92 Å². The molecule has 0 bridgehead atoms. The monoisotopic (exact) mass is 541 g/mol. The molecule has 2 aromatic rings. The lowest BCUT2D eigenvalue weighted by molar-refractivity contribution is -0.150. The molecular formula is C27H35N5O5S. The maximum atomic E-state index is 13.5. The number of benzene rings is 1. The van der Waals surface area contributed by atoms with E-state index in [-0.39, 0.29) is 37.2 Å². The van der Waals surface area contributed by atoms with Crippen LogP contribution in [0.3, 0.4) is 0 Å². The maximum absolute atomic E-state index is 13.5. The molecule has 4 rings (SSSR count). The minimum atomic E-state index is -0.752. The van der Waals surface area contributed by atoms with Gasteiger partial charge in [0.1, 0.15) is 18.4 Å². The highest BCUT2D eigenvalue weighted by Gasteiger charge is 2.43. The Hall–Kier alpha value is -3.15. The predicted octanol–water partition coefficient (Wildman–Crippen LogP) is 1.33. The number of thiazole rings is 1. The molecule has 38 heavy (non-hydrogen) atoms. The van der Waals surface area contributed by atoms with Gasteiger partial charge >= 0.3 is 0 Å². The quantitative estimate of drug-likeness (QED) is 0.452. The highest BCUT2D eigenvalue weighted by molar-refractivity contribution is 7.13. The normalized spacial score (nSPS) is 21.0. The molecule has 2 aliphatic rings. The molecule has 3 atom stereocenters. The van der Waals surface area contributed by atoms with Gasteiger partial charge in [-0.2, -0.15) is 0 Å². The van der Waals surface area contributed by atoms with Gasteiger partial charge in [0, 0.05) is 45.8 Å². The van der Waals surface area contributed by atoms with Crippen LogP contribution in [-0.4, -0.2) is 102 Å². The van der Waals surface area contributed by atoms with E-state index in [1.54, 1.807) is 30.3 Å². The van der Waals surface area contributed by atoms with Crippen molar-refractivity contribution in [3.05, 3.63) is 41.0 Å². The Kier molecular flexibility index (Phi) is 9.24. The van der Waals surface area contributed by atoms with Gasteiger partial charge in [-0.3, -0.25) is 19.3 Å². The minimum absolute atomic E-state index is 0.127. The summed E-state index contributed by atoms with van der Waals surface area (Å²) in [5.74, 6) is -1.15. The van der Waals surface area contributed by atoms with E-state index in [0.717, 1.165) is 28.0 Å². The molecule has 1 aromatic carbocycles. The SMILES string of the molecule is COCCN1CCN(C(C)C(=O)N2CC(C=O)CC2C(=O)NCc2ccc(-c3scnc3C)cc2)C(=O)C1. The average molecular weight is 542 g/mol. The fourth-order valence-corrected chi connectivity index (χ4v) is 5.86. The van der Waals surface area contributed by atoms with Crippen LogP contribution in [0.1, 0.15) is 24.6 Å². The summed E-state index contributed by atoms with van der Waals surface area (Å²) in [6, 6.07) is 6.46. The molecule has 3 heterocycles. The van der Waals surface area contributed by atoms with Crippen molar-refractivity contribution in [2.45, 2.75) is 38.9 Å². The van der Waals surface area contributed by atoms with E-state index in [1.807, 2.05) is 41.6 Å². The second-order valence-electron chi connectivity index (χ2n) is 9.85. The van der Waals surface area contributed by atoms with Gasteiger partial charge in [-0.1, -0.05) is 24.3 Å². The van der Waals surface area contributed by atoms with E-state index in [1.165, 1.54) is 4.90 Å². The van der Waals surface area contributed by atoms with Crippen LogP contribution in [0.5, 0.6) is 0 Å². The Morgan fingerprint density at radius 3 is 2.66 bits per heavy atom. The molecule has 11 heteroatoms. The van der Waals surface area contributed by atoms with Gasteiger partial charge < -0.3 is 24.6 Å². The summed E-state index contributed by atoms with van der Waals surface area (Å²) in [7, 11) is 1.62. The number of likely N-dealkylation sites (tertiary alicyclic amines) is 1. The number of aromatic nitrogens is 1. The Bertz CT molecular complexity index is 1150. The number of hydrogen-bond donors (Lipinski definition) is 1. The van der Waals surface area contributed by atoms with Gasteiger partial charge in [0.25, 0.3) is 0 Å². The zero-order valence-corrected chi connectivity index (χ0v) is 22.9. The number of ether oxygens (including phenoxy) is 1. The molecule has 1 N–H and O–H groups in total. The third-order valence-electron chi connectivity index (χ3n) is 7.31. The van der Waals surface area contributed by atoms with E-state index >= 15 is 0 Å². The number of carbonyl (C=O) groups excluding carboxylic acids is 4. The third-order valence-corrected chi connectivity index (χ3v) is 8.29. The molecule has 3 amide bonds. The minimum Gasteiger partial charge on any atom is -0.383 e. The number of aldehydes is 1. The number of piperazine rings is 1. The van der Waals surface area contributed by atoms with Gasteiger partial charge in [0.05, 0.1) is 29.2 Å². The van der Waals surface area contributed by atoms with Crippen molar-refractivity contribution in [1.82, 2.24) is 25.0 Å². The van der Waals surface area contributed by atoms with Crippen LogP contribution in [0.25, 0.3) is 10.4 Å². The molecule has 2 saturated heterocycles. The summed E-state index contributed by atoms with van der Waals surface area (Å²) < 4.78 is 5.09. The molecule has 1 aromatic heterocycles. The molecule has 0 radical (unpaired) electrons. The number of nitrogens with zero attached hydrogens (tertiary/aromatic N) is 4. The summed E-state index contributed by atoms with van der Waals surface area (Å²) in [6.45, 7) is 6.64. The number of carbonyl (C=O) groups is 4. The number of nitrogens with one attached hydrogen (secondary N) is 1. The third kappa shape index (κ3) is 6.28. The highest BCUT2D eigenvalue weighted by atomic mass is 32.1. The Balaban J connectivity index is 1.36. The van der Waals surface area contributed by atoms with Crippen LogP contribution in [0.4, 0.5) is 0 Å². The van der Waals surface area contributed by atoms with Crippen molar-refractivity contribution in [3.63, 3.8) is 0 Å². The van der Waals surface area contributed by atoms with Crippen LogP contribution in [0.2, 0.25) is 0 Å². The number of aryl methyl sites for hydroxylation is 1. The van der Waals surface area contributed by atoms with Gasteiger partial charge in [-0.05, 0) is 31.4 Å². The Labute approximate surface area is 226 Å². The van der Waals surface area contributed by atoms with E-state index in [4.69, 9.17) is 4.74 Å². The highest BCUT2D eigenvalue weighted by Crippen LogP contribution is 2.28. The lowest BCUT2D eigenvalue weighted by atomic mass is 10.1. The Morgan fingerprint density at radius 1 is 1.26 bits per heavy atom. The van der Waals surface area contributed by atoms with Gasteiger partial charge in [0.15, 0.2) is 0 Å². The van der Waals surface area contributed by atoms with Crippen molar-refractivity contribution in [1.29, 1.82) is 0 Å². The number of methoxy groups -OCH3 is 1. The van der Waals surface area contributed by atoms with Crippen LogP contribution < -0.4 is 5.32 Å².